The molecule has 0 bridgehead atoms. The highest BCUT2D eigenvalue weighted by Crippen LogP contribution is 2.15. The molecular weight excluding hydrogens is 204 g/mol. The Bertz CT molecular complexity index is 318. The molecule has 0 aliphatic carbocycles. The van der Waals surface area contributed by atoms with E-state index in [2.05, 4.69) is 15.5 Å². The lowest BCUT2D eigenvalue weighted by molar-refractivity contribution is 0.343. The van der Waals surface area contributed by atoms with Crippen LogP contribution in [0.3, 0.4) is 0 Å². The Balaban J connectivity index is 1.78. The van der Waals surface area contributed by atoms with Crippen molar-refractivity contribution in [1.29, 1.82) is 0 Å². The Labute approximate surface area is 96.2 Å². The third kappa shape index (κ3) is 3.28. The normalized spacial score (nSPS) is 20.8. The van der Waals surface area contributed by atoms with Gasteiger partial charge in [-0.3, -0.25) is 0 Å². The van der Waals surface area contributed by atoms with Crippen LogP contribution in [0.15, 0.2) is 4.52 Å². The summed E-state index contributed by atoms with van der Waals surface area (Å²) in [5.74, 6) is 2.34. The highest BCUT2D eigenvalue weighted by atomic mass is 16.5. The first-order chi connectivity index (χ1) is 7.74. The third-order valence-electron chi connectivity index (χ3n) is 2.90. The highest BCUT2D eigenvalue weighted by Gasteiger charge is 2.16. The summed E-state index contributed by atoms with van der Waals surface area (Å²) in [7, 11) is 4.00. The van der Waals surface area contributed by atoms with Crippen molar-refractivity contribution in [3.63, 3.8) is 0 Å². The quantitative estimate of drug-likeness (QED) is 0.797. The lowest BCUT2D eigenvalue weighted by Crippen LogP contribution is -2.12. The lowest BCUT2D eigenvalue weighted by atomic mass is 10.0. The summed E-state index contributed by atoms with van der Waals surface area (Å²) in [6.07, 6.45) is 3.34. The highest BCUT2D eigenvalue weighted by molar-refractivity contribution is 4.87. The predicted octanol–water partition coefficient (Wildman–Crippen LogP) is 0.673. The van der Waals surface area contributed by atoms with E-state index in [9.17, 15) is 0 Å². The minimum absolute atomic E-state index is 0.745. The van der Waals surface area contributed by atoms with Gasteiger partial charge in [0.2, 0.25) is 5.89 Å². The fourth-order valence-corrected chi connectivity index (χ4v) is 2.03. The molecule has 1 aliphatic heterocycles. The lowest BCUT2D eigenvalue weighted by Gasteiger charge is -2.04. The van der Waals surface area contributed by atoms with Gasteiger partial charge in [0.25, 0.3) is 0 Å². The van der Waals surface area contributed by atoms with Crippen molar-refractivity contribution in [3.8, 4) is 0 Å². The second kappa shape index (κ2) is 5.41. The molecular formula is C11H20N4O. The first-order valence-corrected chi connectivity index (χ1v) is 5.91. The molecule has 1 atom stereocenters. The molecule has 5 heteroatoms. The topological polar surface area (TPSA) is 54.2 Å². The molecule has 0 spiro atoms. The maximum atomic E-state index is 5.22. The van der Waals surface area contributed by atoms with Crippen LogP contribution in [-0.2, 0) is 13.0 Å². The molecule has 90 valence electrons. The number of aromatic nitrogens is 2. The Kier molecular flexibility index (Phi) is 3.90. The van der Waals surface area contributed by atoms with Crippen LogP contribution < -0.4 is 5.32 Å². The molecule has 1 saturated heterocycles. The van der Waals surface area contributed by atoms with Crippen LogP contribution in [0.25, 0.3) is 0 Å². The van der Waals surface area contributed by atoms with Crippen molar-refractivity contribution in [2.45, 2.75) is 25.8 Å². The zero-order valence-electron chi connectivity index (χ0n) is 10.1. The summed E-state index contributed by atoms with van der Waals surface area (Å²) in [5, 5.41) is 7.32. The van der Waals surface area contributed by atoms with Gasteiger partial charge in [-0.25, -0.2) is 0 Å². The SMILES string of the molecule is CN(C)Cc1noc(CCC2CCNC2)n1. The van der Waals surface area contributed by atoms with Gasteiger partial charge in [0.05, 0.1) is 6.54 Å². The molecule has 1 unspecified atom stereocenters. The van der Waals surface area contributed by atoms with Crippen LogP contribution in [-0.4, -0.2) is 42.2 Å². The van der Waals surface area contributed by atoms with Crippen molar-refractivity contribution in [2.24, 2.45) is 5.92 Å². The van der Waals surface area contributed by atoms with Gasteiger partial charge in [-0.15, -0.1) is 0 Å². The molecule has 2 heterocycles. The van der Waals surface area contributed by atoms with Gasteiger partial charge < -0.3 is 14.7 Å². The minimum atomic E-state index is 0.745. The first kappa shape index (κ1) is 11.5. The van der Waals surface area contributed by atoms with Crippen LogP contribution in [0.4, 0.5) is 0 Å². The van der Waals surface area contributed by atoms with E-state index in [0.29, 0.717) is 0 Å². The Morgan fingerprint density at radius 3 is 3.06 bits per heavy atom. The molecule has 2 rings (SSSR count). The van der Waals surface area contributed by atoms with Crippen molar-refractivity contribution >= 4 is 0 Å². The maximum Gasteiger partial charge on any atom is 0.226 e. The standard InChI is InChI=1S/C11H20N4O/c1-15(2)8-10-13-11(16-14-10)4-3-9-5-6-12-7-9/h9,12H,3-8H2,1-2H3. The van der Waals surface area contributed by atoms with Gasteiger partial charge in [-0.05, 0) is 45.9 Å². The number of hydrogen-bond acceptors (Lipinski definition) is 5. The maximum absolute atomic E-state index is 5.22. The molecule has 0 saturated carbocycles. The van der Waals surface area contributed by atoms with E-state index in [4.69, 9.17) is 4.52 Å². The minimum Gasteiger partial charge on any atom is -0.339 e. The van der Waals surface area contributed by atoms with E-state index >= 15 is 0 Å². The largest absolute Gasteiger partial charge is 0.339 e. The molecule has 1 fully saturated rings. The Morgan fingerprint density at radius 2 is 2.38 bits per heavy atom. The third-order valence-corrected chi connectivity index (χ3v) is 2.90. The number of nitrogens with zero attached hydrogens (tertiary/aromatic N) is 3. The summed E-state index contributed by atoms with van der Waals surface area (Å²) in [6.45, 7) is 3.04. The van der Waals surface area contributed by atoms with E-state index in [1.807, 2.05) is 19.0 Å². The van der Waals surface area contributed by atoms with E-state index in [-0.39, 0.29) is 0 Å². The summed E-state index contributed by atoms with van der Waals surface area (Å²) < 4.78 is 5.22. The molecule has 1 aromatic rings. The summed E-state index contributed by atoms with van der Waals surface area (Å²) >= 11 is 0. The Hall–Kier alpha value is -0.940. The molecule has 1 N–H and O–H groups in total. The van der Waals surface area contributed by atoms with E-state index < -0.39 is 0 Å². The monoisotopic (exact) mass is 224 g/mol. The van der Waals surface area contributed by atoms with Crippen molar-refractivity contribution in [2.75, 3.05) is 27.2 Å². The van der Waals surface area contributed by atoms with Gasteiger partial charge in [0.15, 0.2) is 5.82 Å². The van der Waals surface area contributed by atoms with Crippen molar-refractivity contribution < 1.29 is 4.52 Å². The zero-order chi connectivity index (χ0) is 11.4. The van der Waals surface area contributed by atoms with Crippen LogP contribution in [0.1, 0.15) is 24.6 Å². The Morgan fingerprint density at radius 1 is 1.50 bits per heavy atom. The fraction of sp³-hybridized carbons (Fsp3) is 0.818. The molecule has 1 aliphatic rings. The second-order valence-corrected chi connectivity index (χ2v) is 4.74. The summed E-state index contributed by atoms with van der Waals surface area (Å²) in [6, 6.07) is 0. The van der Waals surface area contributed by atoms with Gasteiger partial charge in [-0.2, -0.15) is 4.98 Å². The number of hydrogen-bond donors (Lipinski definition) is 1. The second-order valence-electron chi connectivity index (χ2n) is 4.74. The smallest absolute Gasteiger partial charge is 0.226 e. The average Bonchev–Trinajstić information content (AvgIpc) is 2.84. The zero-order valence-corrected chi connectivity index (χ0v) is 10.1. The van der Waals surface area contributed by atoms with Crippen LogP contribution in [0, 0.1) is 5.92 Å². The number of rotatable bonds is 5. The van der Waals surface area contributed by atoms with Crippen molar-refractivity contribution in [3.05, 3.63) is 11.7 Å². The summed E-state index contributed by atoms with van der Waals surface area (Å²) in [5.41, 5.74) is 0. The van der Waals surface area contributed by atoms with Gasteiger partial charge in [0, 0.05) is 6.42 Å². The first-order valence-electron chi connectivity index (χ1n) is 5.91. The number of nitrogens with one attached hydrogen (secondary N) is 1. The number of aryl methyl sites for hydroxylation is 1. The van der Waals surface area contributed by atoms with E-state index in [0.717, 1.165) is 50.1 Å². The fourth-order valence-electron chi connectivity index (χ4n) is 2.03. The van der Waals surface area contributed by atoms with Gasteiger partial charge in [-0.1, -0.05) is 5.16 Å². The average molecular weight is 224 g/mol. The van der Waals surface area contributed by atoms with Gasteiger partial charge >= 0.3 is 0 Å². The molecule has 0 aromatic carbocycles. The van der Waals surface area contributed by atoms with Crippen molar-refractivity contribution in [1.82, 2.24) is 20.4 Å². The molecule has 16 heavy (non-hydrogen) atoms. The summed E-state index contributed by atoms with van der Waals surface area (Å²) in [4.78, 5) is 6.41. The van der Waals surface area contributed by atoms with E-state index in [1.54, 1.807) is 0 Å². The molecule has 5 nitrogen and oxygen atoms in total. The van der Waals surface area contributed by atoms with Crippen LogP contribution in [0.5, 0.6) is 0 Å². The predicted molar refractivity (Wildman–Crippen MR) is 61.0 cm³/mol. The molecule has 0 radical (unpaired) electrons. The van der Waals surface area contributed by atoms with Crippen LogP contribution >= 0.6 is 0 Å². The van der Waals surface area contributed by atoms with Gasteiger partial charge in [0.1, 0.15) is 0 Å². The van der Waals surface area contributed by atoms with E-state index in [1.165, 1.54) is 6.42 Å². The van der Waals surface area contributed by atoms with Crippen LogP contribution in [0.2, 0.25) is 0 Å². The molecule has 0 amide bonds. The molecule has 1 aromatic heterocycles.